The molecule has 1 aromatic rings. The Morgan fingerprint density at radius 2 is 2.12 bits per heavy atom. The molecule has 2 N–H and O–H groups in total. The summed E-state index contributed by atoms with van der Waals surface area (Å²) in [5.74, 6) is 1.46. The van der Waals surface area contributed by atoms with Crippen LogP contribution in [0.4, 0.5) is 0 Å². The summed E-state index contributed by atoms with van der Waals surface area (Å²) >= 11 is 0. The first-order valence-corrected chi connectivity index (χ1v) is 9.35. The molecule has 0 spiro atoms. The molecule has 2 unspecified atom stereocenters. The van der Waals surface area contributed by atoms with E-state index in [0.29, 0.717) is 29.5 Å². The minimum Gasteiger partial charge on any atom is -0.504 e. The lowest BCUT2D eigenvalue weighted by molar-refractivity contribution is -0.0684. The van der Waals surface area contributed by atoms with Crippen LogP contribution in [-0.2, 0) is 16.6 Å². The summed E-state index contributed by atoms with van der Waals surface area (Å²) in [6.45, 7) is 1.07. The van der Waals surface area contributed by atoms with Crippen LogP contribution in [0.25, 0.3) is 0 Å². The van der Waals surface area contributed by atoms with Gasteiger partial charge in [-0.1, -0.05) is 6.07 Å². The molecule has 2 aliphatic carbocycles. The molecule has 5 nitrogen and oxygen atoms in total. The van der Waals surface area contributed by atoms with Crippen molar-refractivity contribution in [2.45, 2.75) is 49.3 Å². The minimum absolute atomic E-state index is 0.00604. The molecule has 25 heavy (non-hydrogen) atoms. The Kier molecular flexibility index (Phi) is 4.21. The Labute approximate surface area is 150 Å². The Morgan fingerprint density at radius 3 is 2.80 bits per heavy atom. The molecule has 1 heterocycles. The third kappa shape index (κ3) is 2.32. The molecular weight excluding hydrogens is 316 g/mol. The molecule has 0 radical (unpaired) electrons. The smallest absolute Gasteiger partial charge is 0.161 e. The van der Waals surface area contributed by atoms with Crippen molar-refractivity contribution in [1.82, 2.24) is 10.2 Å². The second kappa shape index (κ2) is 6.15. The van der Waals surface area contributed by atoms with Gasteiger partial charge in [0.25, 0.3) is 0 Å². The number of hydrogen-bond acceptors (Lipinski definition) is 5. The van der Waals surface area contributed by atoms with Gasteiger partial charge in [0.15, 0.2) is 11.5 Å². The first-order valence-electron chi connectivity index (χ1n) is 9.35. The molecule has 0 amide bonds. The molecule has 138 valence electrons. The first kappa shape index (κ1) is 17.1. The second-order valence-electron chi connectivity index (χ2n) is 8.02. The number of hydrogen-bond donors (Lipinski definition) is 2. The fourth-order valence-corrected chi connectivity index (χ4v) is 5.97. The van der Waals surface area contributed by atoms with Crippen LogP contribution >= 0.6 is 0 Å². The van der Waals surface area contributed by atoms with Crippen molar-refractivity contribution in [2.75, 3.05) is 34.9 Å². The molecule has 5 atom stereocenters. The zero-order valence-corrected chi connectivity index (χ0v) is 15.7. The van der Waals surface area contributed by atoms with Gasteiger partial charge >= 0.3 is 0 Å². The second-order valence-corrected chi connectivity index (χ2v) is 8.02. The number of nitrogens with zero attached hydrogens (tertiary/aromatic N) is 1. The number of likely N-dealkylation sites (N-methyl/N-ethyl adjacent to an activating group) is 2. The van der Waals surface area contributed by atoms with Gasteiger partial charge < -0.3 is 24.8 Å². The Morgan fingerprint density at radius 1 is 1.32 bits per heavy atom. The maximum atomic E-state index is 11.0. The van der Waals surface area contributed by atoms with Gasteiger partial charge in [0.2, 0.25) is 0 Å². The molecular formula is C20H30N2O3. The molecule has 4 rings (SSSR count). The van der Waals surface area contributed by atoms with Gasteiger partial charge in [0.1, 0.15) is 0 Å². The number of likely N-dealkylation sites (tertiary alicyclic amines) is 1. The van der Waals surface area contributed by atoms with Crippen LogP contribution < -0.4 is 10.1 Å². The number of piperidine rings is 1. The first-order chi connectivity index (χ1) is 12.1. The number of methoxy groups -OCH3 is 2. The highest BCUT2D eigenvalue weighted by molar-refractivity contribution is 5.56. The largest absolute Gasteiger partial charge is 0.504 e. The molecule has 2 bridgehead atoms. The van der Waals surface area contributed by atoms with E-state index < -0.39 is 0 Å². The molecule has 0 aromatic heterocycles. The van der Waals surface area contributed by atoms with Gasteiger partial charge in [-0.15, -0.1) is 0 Å². The Bertz CT molecular complexity index is 665. The molecule has 3 aliphatic rings. The van der Waals surface area contributed by atoms with Crippen molar-refractivity contribution in [3.8, 4) is 11.5 Å². The standard InChI is InChI=1S/C20H30N2O3/c1-21-14-11-20-7-8-22(2)15(13(20)10-17(14)25-4)9-12-5-6-16(24-3)19(23)18(12)20/h5-6,13-15,17,21,23H,7-11H2,1-4H3/t13-,14?,15+,17?,20-/m0/s1. The number of aromatic hydroxyl groups is 1. The number of ether oxygens (including phenoxy) is 2. The van der Waals surface area contributed by atoms with Crippen LogP contribution in [0.15, 0.2) is 12.1 Å². The average Bonchev–Trinajstić information content (AvgIpc) is 2.63. The molecule has 5 heteroatoms. The fraction of sp³-hybridized carbons (Fsp3) is 0.700. The summed E-state index contributed by atoms with van der Waals surface area (Å²) in [5.41, 5.74) is 2.44. The van der Waals surface area contributed by atoms with Crippen molar-refractivity contribution in [3.05, 3.63) is 23.3 Å². The van der Waals surface area contributed by atoms with Crippen LogP contribution in [0.3, 0.4) is 0 Å². The highest BCUT2D eigenvalue weighted by Gasteiger charge is 2.58. The van der Waals surface area contributed by atoms with Gasteiger partial charge in [0, 0.05) is 30.2 Å². The quantitative estimate of drug-likeness (QED) is 0.876. The predicted octanol–water partition coefficient (Wildman–Crippen LogP) is 1.91. The molecule has 1 saturated carbocycles. The topological polar surface area (TPSA) is 54.0 Å². The number of nitrogens with one attached hydrogen (secondary N) is 1. The van der Waals surface area contributed by atoms with E-state index in [1.165, 1.54) is 5.56 Å². The summed E-state index contributed by atoms with van der Waals surface area (Å²) < 4.78 is 11.3. The highest BCUT2D eigenvalue weighted by Crippen LogP contribution is 2.59. The monoisotopic (exact) mass is 346 g/mol. The highest BCUT2D eigenvalue weighted by atomic mass is 16.5. The van der Waals surface area contributed by atoms with Crippen LogP contribution in [0, 0.1) is 5.92 Å². The zero-order valence-electron chi connectivity index (χ0n) is 15.7. The molecule has 1 saturated heterocycles. The molecule has 1 aliphatic heterocycles. The number of rotatable bonds is 3. The predicted molar refractivity (Wildman–Crippen MR) is 97.4 cm³/mol. The van der Waals surface area contributed by atoms with Gasteiger partial charge in [0.05, 0.1) is 13.2 Å². The van der Waals surface area contributed by atoms with Crippen LogP contribution in [-0.4, -0.2) is 63.1 Å². The van der Waals surface area contributed by atoms with E-state index in [4.69, 9.17) is 9.47 Å². The zero-order chi connectivity index (χ0) is 17.8. The summed E-state index contributed by atoms with van der Waals surface area (Å²) in [5, 5.41) is 14.5. The lowest BCUT2D eigenvalue weighted by atomic mass is 9.51. The van der Waals surface area contributed by atoms with E-state index >= 15 is 0 Å². The Balaban J connectivity index is 1.89. The summed E-state index contributed by atoms with van der Waals surface area (Å²) in [4.78, 5) is 2.51. The third-order valence-electron chi connectivity index (χ3n) is 7.22. The van der Waals surface area contributed by atoms with Crippen molar-refractivity contribution in [1.29, 1.82) is 0 Å². The van der Waals surface area contributed by atoms with E-state index in [1.54, 1.807) is 7.11 Å². The van der Waals surface area contributed by atoms with Crippen LogP contribution in [0.5, 0.6) is 11.5 Å². The van der Waals surface area contributed by atoms with E-state index in [2.05, 4.69) is 23.3 Å². The number of fused-ring (bicyclic) bond motifs is 1. The van der Waals surface area contributed by atoms with E-state index in [1.807, 2.05) is 20.2 Å². The Hall–Kier alpha value is -1.30. The van der Waals surface area contributed by atoms with E-state index in [0.717, 1.165) is 37.8 Å². The average molecular weight is 346 g/mol. The summed E-state index contributed by atoms with van der Waals surface area (Å²) in [7, 11) is 7.73. The summed E-state index contributed by atoms with van der Waals surface area (Å²) in [6, 6.07) is 4.90. The maximum absolute atomic E-state index is 11.0. The maximum Gasteiger partial charge on any atom is 0.161 e. The normalized spacial score (nSPS) is 37.3. The van der Waals surface area contributed by atoms with Crippen molar-refractivity contribution in [2.24, 2.45) is 5.92 Å². The number of phenols is 1. The lowest BCUT2D eigenvalue weighted by Gasteiger charge is -2.60. The van der Waals surface area contributed by atoms with Crippen LogP contribution in [0.2, 0.25) is 0 Å². The number of benzene rings is 1. The van der Waals surface area contributed by atoms with Gasteiger partial charge in [-0.3, -0.25) is 0 Å². The van der Waals surface area contributed by atoms with Crippen molar-refractivity contribution < 1.29 is 14.6 Å². The summed E-state index contributed by atoms with van der Waals surface area (Å²) in [6.07, 6.45) is 4.34. The van der Waals surface area contributed by atoms with Gasteiger partial charge in [-0.25, -0.2) is 0 Å². The number of phenolic OH excluding ortho intramolecular Hbond substituents is 1. The molecule has 2 fully saturated rings. The van der Waals surface area contributed by atoms with Crippen molar-refractivity contribution >= 4 is 0 Å². The van der Waals surface area contributed by atoms with E-state index in [9.17, 15) is 5.11 Å². The fourth-order valence-electron chi connectivity index (χ4n) is 5.97. The third-order valence-corrected chi connectivity index (χ3v) is 7.22. The lowest BCUT2D eigenvalue weighted by Crippen LogP contribution is -2.65. The molecule has 1 aromatic carbocycles. The van der Waals surface area contributed by atoms with E-state index in [-0.39, 0.29) is 11.5 Å². The SMILES string of the molecule is CNC1C[C@]23CCN(C)[C@H](Cc4ccc(OC)c(O)c42)[C@@H]3CC1OC. The van der Waals surface area contributed by atoms with Gasteiger partial charge in [-0.05, 0) is 63.9 Å². The minimum atomic E-state index is 0.00604. The van der Waals surface area contributed by atoms with Gasteiger partial charge in [-0.2, -0.15) is 0 Å². The van der Waals surface area contributed by atoms with Crippen molar-refractivity contribution in [3.63, 3.8) is 0 Å². The van der Waals surface area contributed by atoms with Crippen LogP contribution in [0.1, 0.15) is 30.4 Å².